The maximum Gasteiger partial charge on any atom is 0.273 e. The Hall–Kier alpha value is -2.97. The molecular formula is C20H20FN3O4. The van der Waals surface area contributed by atoms with Crippen molar-refractivity contribution in [2.75, 3.05) is 19.8 Å². The third kappa shape index (κ3) is 3.21. The molecule has 8 heteroatoms. The number of benzene rings is 2. The minimum Gasteiger partial charge on any atom is -0.489 e. The molecule has 0 unspecified atom stereocenters. The van der Waals surface area contributed by atoms with E-state index in [9.17, 15) is 19.4 Å². The molecule has 0 spiro atoms. The van der Waals surface area contributed by atoms with Crippen LogP contribution in [0.2, 0.25) is 0 Å². The molecule has 0 fully saturated rings. The number of ether oxygens (including phenoxy) is 1. The van der Waals surface area contributed by atoms with Crippen LogP contribution in [0, 0.1) is 5.82 Å². The molecule has 4 rings (SSSR count). The first-order chi connectivity index (χ1) is 13.6. The number of halogens is 1. The van der Waals surface area contributed by atoms with Crippen molar-refractivity contribution in [3.8, 4) is 5.75 Å². The number of nitrogens with zero attached hydrogens (tertiary/aromatic N) is 3. The number of rotatable bonds is 6. The van der Waals surface area contributed by atoms with Crippen molar-refractivity contribution in [2.24, 2.45) is 0 Å². The van der Waals surface area contributed by atoms with E-state index in [0.29, 0.717) is 41.0 Å². The summed E-state index contributed by atoms with van der Waals surface area (Å²) in [6, 6.07) is 10.9. The molecule has 28 heavy (non-hydrogen) atoms. The topological polar surface area (TPSA) is 87.8 Å². The van der Waals surface area contributed by atoms with Gasteiger partial charge in [0.1, 0.15) is 23.9 Å². The van der Waals surface area contributed by atoms with Gasteiger partial charge in [-0.05, 0) is 24.3 Å². The van der Waals surface area contributed by atoms with Gasteiger partial charge in [0, 0.05) is 17.5 Å². The molecule has 3 aromatic rings. The normalized spacial score (nSPS) is 14.0. The van der Waals surface area contributed by atoms with Gasteiger partial charge >= 0.3 is 0 Å². The lowest BCUT2D eigenvalue weighted by Gasteiger charge is -2.32. The largest absolute Gasteiger partial charge is 0.489 e. The Morgan fingerprint density at radius 1 is 1.14 bits per heavy atom. The zero-order valence-electron chi connectivity index (χ0n) is 15.1. The van der Waals surface area contributed by atoms with Crippen molar-refractivity contribution in [2.45, 2.75) is 19.2 Å². The lowest BCUT2D eigenvalue weighted by molar-refractivity contribution is 0.0391. The van der Waals surface area contributed by atoms with Crippen LogP contribution >= 0.6 is 0 Å². The number of amides is 1. The quantitative estimate of drug-likeness (QED) is 0.673. The highest BCUT2D eigenvalue weighted by atomic mass is 19.1. The van der Waals surface area contributed by atoms with Crippen LogP contribution in [-0.4, -0.2) is 56.6 Å². The number of aliphatic hydroxyl groups excluding tert-OH is 2. The number of hydrogen-bond donors (Lipinski definition) is 2. The second kappa shape index (κ2) is 7.57. The monoisotopic (exact) mass is 385 g/mol. The summed E-state index contributed by atoms with van der Waals surface area (Å²) in [4.78, 5) is 14.4. The molecule has 1 aliphatic rings. The van der Waals surface area contributed by atoms with Gasteiger partial charge in [-0.15, -0.1) is 0 Å². The van der Waals surface area contributed by atoms with Gasteiger partial charge in [0.15, 0.2) is 0 Å². The molecule has 2 N–H and O–H groups in total. The first-order valence-corrected chi connectivity index (χ1v) is 9.02. The summed E-state index contributed by atoms with van der Waals surface area (Å²) in [5.41, 5.74) is 1.48. The van der Waals surface area contributed by atoms with E-state index in [4.69, 9.17) is 4.74 Å². The van der Waals surface area contributed by atoms with Gasteiger partial charge in [0.2, 0.25) is 0 Å². The smallest absolute Gasteiger partial charge is 0.273 e. The van der Waals surface area contributed by atoms with Crippen molar-refractivity contribution in [3.05, 3.63) is 59.5 Å². The number of carbonyl (C=O) groups is 1. The summed E-state index contributed by atoms with van der Waals surface area (Å²) in [6.45, 7) is 0.273. The lowest BCUT2D eigenvalue weighted by Crippen LogP contribution is -2.49. The van der Waals surface area contributed by atoms with Crippen LogP contribution in [0.25, 0.3) is 10.9 Å². The average Bonchev–Trinajstić information content (AvgIpc) is 3.08. The minimum atomic E-state index is -0.647. The molecule has 1 amide bonds. The van der Waals surface area contributed by atoms with E-state index in [0.717, 1.165) is 0 Å². The second-order valence-corrected chi connectivity index (χ2v) is 6.65. The van der Waals surface area contributed by atoms with Gasteiger partial charge in [-0.25, -0.2) is 4.39 Å². The van der Waals surface area contributed by atoms with E-state index in [1.54, 1.807) is 41.1 Å². The molecule has 1 aliphatic heterocycles. The summed E-state index contributed by atoms with van der Waals surface area (Å²) < 4.78 is 21.1. The van der Waals surface area contributed by atoms with Crippen molar-refractivity contribution < 1.29 is 24.1 Å². The van der Waals surface area contributed by atoms with Crippen molar-refractivity contribution in [3.63, 3.8) is 0 Å². The zero-order chi connectivity index (χ0) is 19.7. The Kier molecular flexibility index (Phi) is 4.97. The highest BCUT2D eigenvalue weighted by molar-refractivity contribution is 6.06. The molecular weight excluding hydrogens is 365 g/mol. The van der Waals surface area contributed by atoms with Crippen LogP contribution in [0.3, 0.4) is 0 Å². The van der Waals surface area contributed by atoms with Gasteiger partial charge in [-0.3, -0.25) is 9.48 Å². The fraction of sp³-hybridized carbons (Fsp3) is 0.300. The Morgan fingerprint density at radius 2 is 1.93 bits per heavy atom. The minimum absolute atomic E-state index is 0.0683. The third-order valence-corrected chi connectivity index (χ3v) is 4.94. The second-order valence-electron chi connectivity index (χ2n) is 6.65. The summed E-state index contributed by atoms with van der Waals surface area (Å²) >= 11 is 0. The molecule has 1 aromatic heterocycles. The molecule has 0 radical (unpaired) electrons. The number of aromatic nitrogens is 2. The van der Waals surface area contributed by atoms with E-state index in [-0.39, 0.29) is 31.5 Å². The van der Waals surface area contributed by atoms with Crippen LogP contribution in [0.1, 0.15) is 16.1 Å². The zero-order valence-corrected chi connectivity index (χ0v) is 15.1. The Balaban J connectivity index is 1.63. The summed E-state index contributed by atoms with van der Waals surface area (Å²) in [7, 11) is 0. The van der Waals surface area contributed by atoms with Crippen LogP contribution in [-0.2, 0) is 13.2 Å². The molecule has 0 bridgehead atoms. The highest BCUT2D eigenvalue weighted by Crippen LogP contribution is 2.28. The summed E-state index contributed by atoms with van der Waals surface area (Å²) in [5.74, 6) is -0.137. The average molecular weight is 385 g/mol. The van der Waals surface area contributed by atoms with Crippen LogP contribution in [0.4, 0.5) is 4.39 Å². The summed E-state index contributed by atoms with van der Waals surface area (Å²) in [6.07, 6.45) is 0. The molecule has 2 heterocycles. The Labute approximate surface area is 160 Å². The van der Waals surface area contributed by atoms with E-state index < -0.39 is 6.04 Å². The van der Waals surface area contributed by atoms with Crippen LogP contribution in [0.15, 0.2) is 42.5 Å². The fourth-order valence-corrected chi connectivity index (χ4v) is 3.41. The molecule has 7 nitrogen and oxygen atoms in total. The van der Waals surface area contributed by atoms with Gasteiger partial charge in [-0.2, -0.15) is 5.10 Å². The summed E-state index contributed by atoms with van der Waals surface area (Å²) in [5, 5.41) is 23.9. The first kappa shape index (κ1) is 18.4. The van der Waals surface area contributed by atoms with Gasteiger partial charge in [0.25, 0.3) is 5.91 Å². The van der Waals surface area contributed by atoms with Crippen molar-refractivity contribution >= 4 is 16.8 Å². The number of hydrogen-bond acceptors (Lipinski definition) is 5. The predicted octanol–water partition coefficient (Wildman–Crippen LogP) is 1.56. The van der Waals surface area contributed by atoms with Gasteiger partial charge < -0.3 is 19.8 Å². The van der Waals surface area contributed by atoms with Crippen molar-refractivity contribution in [1.29, 1.82) is 0 Å². The van der Waals surface area contributed by atoms with Gasteiger partial charge in [0.05, 0.1) is 31.3 Å². The van der Waals surface area contributed by atoms with E-state index in [1.807, 2.05) is 0 Å². The number of aliphatic hydroxyl groups is 2. The molecule has 146 valence electrons. The van der Waals surface area contributed by atoms with Crippen LogP contribution in [0.5, 0.6) is 5.75 Å². The maximum absolute atomic E-state index is 13.8. The molecule has 0 saturated heterocycles. The van der Waals surface area contributed by atoms with E-state index in [2.05, 4.69) is 5.10 Å². The lowest BCUT2D eigenvalue weighted by atomic mass is 10.1. The van der Waals surface area contributed by atoms with Gasteiger partial charge in [-0.1, -0.05) is 18.2 Å². The molecule has 0 saturated carbocycles. The highest BCUT2D eigenvalue weighted by Gasteiger charge is 2.32. The van der Waals surface area contributed by atoms with E-state index in [1.165, 1.54) is 11.0 Å². The third-order valence-electron chi connectivity index (χ3n) is 4.94. The standard InChI is InChI=1S/C20H20FN3O4/c21-17-4-2-1-3-13(17)12-28-15-5-6-18-16(9-15)19-20(27)23(14(10-25)11-26)7-8-24(19)22-18/h1-6,9,14,25-26H,7-8,10-12H2. The Morgan fingerprint density at radius 3 is 2.68 bits per heavy atom. The molecule has 2 aromatic carbocycles. The molecule has 0 atom stereocenters. The van der Waals surface area contributed by atoms with Crippen LogP contribution < -0.4 is 4.74 Å². The predicted molar refractivity (Wildman–Crippen MR) is 99.5 cm³/mol. The van der Waals surface area contributed by atoms with E-state index >= 15 is 0 Å². The SMILES string of the molecule is O=C1c2c3cc(OCc4ccccc4F)ccc3nn2CCN1C(CO)CO. The van der Waals surface area contributed by atoms with Crippen molar-refractivity contribution in [1.82, 2.24) is 14.7 Å². The Bertz CT molecular complexity index is 1020. The number of fused-ring (bicyclic) bond motifs is 3. The molecule has 0 aliphatic carbocycles. The maximum atomic E-state index is 13.8. The first-order valence-electron chi connectivity index (χ1n) is 9.02. The fourth-order valence-electron chi connectivity index (χ4n) is 3.41. The number of carbonyl (C=O) groups excluding carboxylic acids is 1.